The van der Waals surface area contributed by atoms with Crippen LogP contribution in [0.25, 0.3) is 22.0 Å². The van der Waals surface area contributed by atoms with E-state index in [2.05, 4.69) is 36.7 Å². The number of amides is 1. The van der Waals surface area contributed by atoms with Crippen LogP contribution in [0.1, 0.15) is 29.0 Å². The third kappa shape index (κ3) is 4.03. The topological polar surface area (TPSA) is 69.0 Å². The second-order valence-corrected chi connectivity index (χ2v) is 7.66. The summed E-state index contributed by atoms with van der Waals surface area (Å²) >= 11 is 0. The molecule has 1 aliphatic heterocycles. The normalized spacial score (nSPS) is 13.2. The largest absolute Gasteiger partial charge is 0.435 e. The Morgan fingerprint density at radius 3 is 2.66 bits per heavy atom. The van der Waals surface area contributed by atoms with Crippen molar-refractivity contribution in [3.8, 4) is 17.0 Å². The average molecular weight is 434 g/mol. The lowest BCUT2D eigenvalue weighted by Gasteiger charge is -2.16. The number of nitrogens with zero attached hydrogens (tertiary/aromatic N) is 3. The van der Waals surface area contributed by atoms with Crippen LogP contribution < -0.4 is 10.1 Å². The average Bonchev–Trinajstić information content (AvgIpc) is 3.23. The van der Waals surface area contributed by atoms with Gasteiger partial charge in [-0.2, -0.15) is 8.78 Å². The summed E-state index contributed by atoms with van der Waals surface area (Å²) in [5.74, 6) is 1.14. The number of carbonyl (C=O) groups is 1. The molecular formula is C24H20F2N4O2. The number of fused-ring (bicyclic) bond motifs is 2. The van der Waals surface area contributed by atoms with Gasteiger partial charge in [0, 0.05) is 35.7 Å². The molecule has 0 saturated heterocycles. The number of alkyl halides is 2. The molecule has 1 N–H and O–H groups in total. The first kappa shape index (κ1) is 20.1. The zero-order chi connectivity index (χ0) is 22.1. The van der Waals surface area contributed by atoms with Gasteiger partial charge in [-0.05, 0) is 54.6 Å². The number of anilines is 1. The Hall–Kier alpha value is -3.81. The molecule has 1 aliphatic rings. The van der Waals surface area contributed by atoms with Gasteiger partial charge in [-0.25, -0.2) is 9.97 Å². The molecule has 0 spiro atoms. The minimum atomic E-state index is -2.91. The predicted octanol–water partition coefficient (Wildman–Crippen LogP) is 5.29. The molecule has 1 amide bonds. The molecule has 0 unspecified atom stereocenters. The minimum absolute atomic E-state index is 0.00466. The van der Waals surface area contributed by atoms with Crippen LogP contribution in [0.3, 0.4) is 0 Å². The molecule has 6 nitrogen and oxygen atoms in total. The molecule has 5 rings (SSSR count). The first-order chi connectivity index (χ1) is 15.6. The van der Waals surface area contributed by atoms with Crippen molar-refractivity contribution in [3.05, 3.63) is 72.3 Å². The number of halogens is 2. The number of hydrogen-bond acceptors (Lipinski definition) is 4. The molecule has 0 saturated carbocycles. The third-order valence-corrected chi connectivity index (χ3v) is 5.57. The number of rotatable bonds is 5. The molecule has 162 valence electrons. The molecule has 0 bridgehead atoms. The number of aryl methyl sites for hydroxylation is 1. The van der Waals surface area contributed by atoms with E-state index in [1.165, 1.54) is 30.7 Å². The Morgan fingerprint density at radius 2 is 1.84 bits per heavy atom. The Balaban J connectivity index is 1.38. The van der Waals surface area contributed by atoms with Crippen LogP contribution in [0.2, 0.25) is 0 Å². The lowest BCUT2D eigenvalue weighted by atomic mass is 10.1. The highest BCUT2D eigenvalue weighted by Gasteiger charge is 2.16. The quantitative estimate of drug-likeness (QED) is 0.464. The molecule has 8 heteroatoms. The summed E-state index contributed by atoms with van der Waals surface area (Å²) in [5, 5.41) is 4.66. The summed E-state index contributed by atoms with van der Waals surface area (Å²) in [4.78, 5) is 21.4. The summed E-state index contributed by atoms with van der Waals surface area (Å²) in [6.45, 7) is -1.93. The Kier molecular flexibility index (Phi) is 5.26. The highest BCUT2D eigenvalue weighted by atomic mass is 19.3. The van der Waals surface area contributed by atoms with Crippen LogP contribution >= 0.6 is 0 Å². The SMILES string of the molecule is O=C(Nc1cc2cc(-c3cnc4n3CCCC4)ccc2cn1)c1ccc(OC(F)F)cc1. The van der Waals surface area contributed by atoms with Crippen molar-refractivity contribution in [2.75, 3.05) is 5.32 Å². The highest BCUT2D eigenvalue weighted by molar-refractivity contribution is 6.04. The van der Waals surface area contributed by atoms with E-state index in [0.717, 1.165) is 47.2 Å². The number of ether oxygens (including phenoxy) is 1. The van der Waals surface area contributed by atoms with Crippen molar-refractivity contribution in [2.45, 2.75) is 32.4 Å². The third-order valence-electron chi connectivity index (χ3n) is 5.57. The van der Waals surface area contributed by atoms with Gasteiger partial charge in [0.1, 0.15) is 17.4 Å². The second kappa shape index (κ2) is 8.37. The summed E-state index contributed by atoms with van der Waals surface area (Å²) in [5.41, 5.74) is 2.47. The van der Waals surface area contributed by atoms with E-state index in [1.54, 1.807) is 6.20 Å². The van der Waals surface area contributed by atoms with Gasteiger partial charge in [0.25, 0.3) is 5.91 Å². The molecule has 2 aromatic carbocycles. The second-order valence-electron chi connectivity index (χ2n) is 7.66. The highest BCUT2D eigenvalue weighted by Crippen LogP contribution is 2.28. The van der Waals surface area contributed by atoms with Crippen LogP contribution in [0, 0.1) is 0 Å². The number of pyridine rings is 1. The van der Waals surface area contributed by atoms with Gasteiger partial charge < -0.3 is 14.6 Å². The molecule has 0 aliphatic carbocycles. The number of aromatic nitrogens is 3. The van der Waals surface area contributed by atoms with Crippen molar-refractivity contribution in [1.29, 1.82) is 0 Å². The lowest BCUT2D eigenvalue weighted by Crippen LogP contribution is -2.13. The molecule has 0 fully saturated rings. The van der Waals surface area contributed by atoms with E-state index in [9.17, 15) is 13.6 Å². The number of benzene rings is 2. The van der Waals surface area contributed by atoms with Crippen LogP contribution in [0.4, 0.5) is 14.6 Å². The predicted molar refractivity (Wildman–Crippen MR) is 117 cm³/mol. The van der Waals surface area contributed by atoms with Crippen molar-refractivity contribution < 1.29 is 18.3 Å². The monoisotopic (exact) mass is 434 g/mol. The van der Waals surface area contributed by atoms with Gasteiger partial charge in [0.05, 0.1) is 11.9 Å². The molecule has 4 aromatic rings. The maximum atomic E-state index is 12.5. The van der Waals surface area contributed by atoms with E-state index < -0.39 is 6.61 Å². The van der Waals surface area contributed by atoms with Crippen LogP contribution in [0.5, 0.6) is 5.75 Å². The maximum Gasteiger partial charge on any atom is 0.387 e. The van der Waals surface area contributed by atoms with Crippen LogP contribution in [0.15, 0.2) is 60.9 Å². The van der Waals surface area contributed by atoms with Crippen molar-refractivity contribution in [3.63, 3.8) is 0 Å². The standard InChI is InChI=1S/C24H20F2N4O2/c25-24(26)32-19-8-6-15(7-9-19)23(31)29-21-12-18-11-16(4-5-17(18)13-27-21)20-14-28-22-3-1-2-10-30(20)22/h4-9,11-14,24H,1-3,10H2,(H,27,29,31). The minimum Gasteiger partial charge on any atom is -0.435 e. The summed E-state index contributed by atoms with van der Waals surface area (Å²) in [6, 6.07) is 13.5. The van der Waals surface area contributed by atoms with Crippen LogP contribution in [-0.4, -0.2) is 27.1 Å². The number of imidazole rings is 1. The molecule has 0 atom stereocenters. The van der Waals surface area contributed by atoms with Gasteiger partial charge in [-0.3, -0.25) is 4.79 Å². The summed E-state index contributed by atoms with van der Waals surface area (Å²) in [6.07, 6.45) is 6.96. The lowest BCUT2D eigenvalue weighted by molar-refractivity contribution is -0.0498. The van der Waals surface area contributed by atoms with Gasteiger partial charge in [0.2, 0.25) is 0 Å². The van der Waals surface area contributed by atoms with E-state index in [4.69, 9.17) is 0 Å². The van der Waals surface area contributed by atoms with E-state index >= 15 is 0 Å². The molecule has 3 heterocycles. The number of hydrogen-bond donors (Lipinski definition) is 1. The first-order valence-electron chi connectivity index (χ1n) is 10.4. The summed E-state index contributed by atoms with van der Waals surface area (Å²) in [7, 11) is 0. The number of carbonyl (C=O) groups excluding carboxylic acids is 1. The van der Waals surface area contributed by atoms with Gasteiger partial charge in [-0.1, -0.05) is 12.1 Å². The van der Waals surface area contributed by atoms with Crippen molar-refractivity contribution >= 4 is 22.5 Å². The molecule has 0 radical (unpaired) electrons. The molecule has 2 aromatic heterocycles. The number of nitrogens with one attached hydrogen (secondary N) is 1. The molecular weight excluding hydrogens is 414 g/mol. The van der Waals surface area contributed by atoms with E-state index in [0.29, 0.717) is 11.4 Å². The van der Waals surface area contributed by atoms with Gasteiger partial charge in [0.15, 0.2) is 0 Å². The fourth-order valence-corrected chi connectivity index (χ4v) is 3.99. The summed E-state index contributed by atoms with van der Waals surface area (Å²) < 4.78 is 31.1. The smallest absolute Gasteiger partial charge is 0.387 e. The maximum absolute atomic E-state index is 12.5. The Morgan fingerprint density at radius 1 is 1.00 bits per heavy atom. The first-order valence-corrected chi connectivity index (χ1v) is 10.4. The van der Waals surface area contributed by atoms with Crippen molar-refractivity contribution in [1.82, 2.24) is 14.5 Å². The van der Waals surface area contributed by atoms with Crippen molar-refractivity contribution in [2.24, 2.45) is 0 Å². The zero-order valence-corrected chi connectivity index (χ0v) is 17.1. The Bertz CT molecular complexity index is 1290. The van der Waals surface area contributed by atoms with E-state index in [-0.39, 0.29) is 11.7 Å². The Labute approximate surface area is 182 Å². The van der Waals surface area contributed by atoms with Gasteiger partial charge >= 0.3 is 6.61 Å². The fourth-order valence-electron chi connectivity index (χ4n) is 3.99. The van der Waals surface area contributed by atoms with Crippen LogP contribution in [-0.2, 0) is 13.0 Å². The zero-order valence-electron chi connectivity index (χ0n) is 17.1. The fraction of sp³-hybridized carbons (Fsp3) is 0.208. The van der Waals surface area contributed by atoms with Gasteiger partial charge in [-0.15, -0.1) is 0 Å². The van der Waals surface area contributed by atoms with E-state index in [1.807, 2.05) is 18.3 Å². The molecule has 32 heavy (non-hydrogen) atoms.